The van der Waals surface area contributed by atoms with Crippen LogP contribution < -0.4 is 5.32 Å². The zero-order valence-corrected chi connectivity index (χ0v) is 14.3. The van der Waals surface area contributed by atoms with Crippen LogP contribution in [0.2, 0.25) is 0 Å². The van der Waals surface area contributed by atoms with Crippen LogP contribution in [0.3, 0.4) is 0 Å². The Morgan fingerprint density at radius 2 is 1.76 bits per heavy atom. The maximum absolute atomic E-state index is 12.2. The van der Waals surface area contributed by atoms with Crippen LogP contribution in [-0.4, -0.2) is 17.6 Å². The molecule has 0 fully saturated rings. The summed E-state index contributed by atoms with van der Waals surface area (Å²) in [4.78, 5) is 12.2. The molecule has 0 radical (unpaired) electrons. The monoisotopic (exact) mass is 334 g/mol. The summed E-state index contributed by atoms with van der Waals surface area (Å²) in [5, 5.41) is 6.91. The molecule has 0 saturated heterocycles. The largest absolute Gasteiger partial charge is 0.351 e. The van der Waals surface area contributed by atoms with Gasteiger partial charge in [-0.3, -0.25) is 4.79 Å². The van der Waals surface area contributed by atoms with Crippen LogP contribution >= 0.6 is 0 Å². The van der Waals surface area contributed by atoms with Crippen molar-refractivity contribution in [1.82, 2.24) is 10.5 Å². The lowest BCUT2D eigenvalue weighted by atomic mass is 9.96. The van der Waals surface area contributed by atoms with E-state index in [1.807, 2.05) is 48.5 Å². The number of carbonyl (C=O) groups excluding carboxylic acids is 1. The summed E-state index contributed by atoms with van der Waals surface area (Å²) in [5.41, 5.74) is 3.24. The van der Waals surface area contributed by atoms with Crippen molar-refractivity contribution in [1.29, 1.82) is 0 Å². The predicted molar refractivity (Wildman–Crippen MR) is 97.5 cm³/mol. The van der Waals surface area contributed by atoms with E-state index in [2.05, 4.69) is 29.5 Å². The first kappa shape index (κ1) is 17.0. The van der Waals surface area contributed by atoms with E-state index < -0.39 is 0 Å². The number of hydrogen-bond acceptors (Lipinski definition) is 3. The first-order valence-electron chi connectivity index (χ1n) is 8.55. The Morgan fingerprint density at radius 1 is 1.08 bits per heavy atom. The maximum atomic E-state index is 12.2. The van der Waals surface area contributed by atoms with Gasteiger partial charge in [-0.15, -0.1) is 0 Å². The van der Waals surface area contributed by atoms with Crippen molar-refractivity contribution in [3.63, 3.8) is 0 Å². The highest BCUT2D eigenvalue weighted by Crippen LogP contribution is 2.20. The molecule has 25 heavy (non-hydrogen) atoms. The van der Waals surface area contributed by atoms with Gasteiger partial charge in [-0.2, -0.15) is 0 Å². The van der Waals surface area contributed by atoms with Crippen molar-refractivity contribution in [2.75, 3.05) is 6.54 Å². The highest BCUT2D eigenvalue weighted by molar-refractivity contribution is 5.91. The average molecular weight is 334 g/mol. The molecule has 2 aromatic carbocycles. The van der Waals surface area contributed by atoms with Gasteiger partial charge >= 0.3 is 0 Å². The molecule has 3 aromatic rings. The van der Waals surface area contributed by atoms with E-state index in [-0.39, 0.29) is 11.7 Å². The normalized spacial score (nSPS) is 11.9. The summed E-state index contributed by atoms with van der Waals surface area (Å²) in [6, 6.07) is 22.1. The Labute approximate surface area is 147 Å². The molecule has 0 bridgehead atoms. The van der Waals surface area contributed by atoms with Crippen LogP contribution in [0.5, 0.6) is 0 Å². The second-order valence-electron chi connectivity index (χ2n) is 6.19. The summed E-state index contributed by atoms with van der Waals surface area (Å²) >= 11 is 0. The molecule has 1 atom stereocenters. The van der Waals surface area contributed by atoms with Gasteiger partial charge in [0, 0.05) is 12.6 Å². The maximum Gasteiger partial charge on any atom is 0.289 e. The van der Waals surface area contributed by atoms with E-state index in [9.17, 15) is 4.79 Å². The molecule has 0 spiro atoms. The number of nitrogens with one attached hydrogen (secondary N) is 1. The number of carbonyl (C=O) groups is 1. The van der Waals surface area contributed by atoms with Gasteiger partial charge in [0.1, 0.15) is 0 Å². The number of aromatic nitrogens is 1. The molecular weight excluding hydrogens is 312 g/mol. The molecule has 1 aromatic heterocycles. The smallest absolute Gasteiger partial charge is 0.289 e. The Balaban J connectivity index is 1.51. The van der Waals surface area contributed by atoms with E-state index in [4.69, 9.17) is 4.52 Å². The van der Waals surface area contributed by atoms with Crippen LogP contribution in [0, 0.1) is 0 Å². The zero-order chi connectivity index (χ0) is 17.5. The van der Waals surface area contributed by atoms with Gasteiger partial charge in [-0.25, -0.2) is 0 Å². The molecule has 1 unspecified atom stereocenters. The first-order valence-corrected chi connectivity index (χ1v) is 8.55. The number of nitrogens with zero attached hydrogens (tertiary/aromatic N) is 1. The quantitative estimate of drug-likeness (QED) is 0.711. The van der Waals surface area contributed by atoms with Gasteiger partial charge in [0.05, 0.1) is 5.69 Å². The van der Waals surface area contributed by atoms with E-state index in [0.717, 1.165) is 18.5 Å². The molecule has 3 rings (SSSR count). The van der Waals surface area contributed by atoms with Crippen molar-refractivity contribution < 1.29 is 9.32 Å². The number of benzene rings is 2. The minimum atomic E-state index is -0.220. The Bertz CT molecular complexity index is 797. The molecule has 0 aliphatic carbocycles. The SMILES string of the molecule is CC(Cc1cc(C(=O)NCCc2ccccc2)on1)c1ccccc1. The molecular formula is C21H22N2O2. The molecule has 1 N–H and O–H groups in total. The van der Waals surface area contributed by atoms with Gasteiger partial charge in [0.15, 0.2) is 0 Å². The molecule has 4 nitrogen and oxygen atoms in total. The van der Waals surface area contributed by atoms with Gasteiger partial charge < -0.3 is 9.84 Å². The molecule has 1 heterocycles. The average Bonchev–Trinajstić information content (AvgIpc) is 3.12. The first-order chi connectivity index (χ1) is 12.2. The van der Waals surface area contributed by atoms with Crippen LogP contribution in [-0.2, 0) is 12.8 Å². The van der Waals surface area contributed by atoms with Crippen LogP contribution in [0.15, 0.2) is 71.3 Å². The summed E-state index contributed by atoms with van der Waals surface area (Å²) in [6.45, 7) is 2.71. The second kappa shape index (κ2) is 8.29. The minimum absolute atomic E-state index is 0.220. The van der Waals surface area contributed by atoms with Crippen LogP contribution in [0.4, 0.5) is 0 Å². The lowest BCUT2D eigenvalue weighted by molar-refractivity contribution is 0.0917. The molecule has 1 amide bonds. The highest BCUT2D eigenvalue weighted by atomic mass is 16.5. The third-order valence-corrected chi connectivity index (χ3v) is 4.21. The van der Waals surface area contributed by atoms with Gasteiger partial charge in [-0.1, -0.05) is 72.7 Å². The fourth-order valence-corrected chi connectivity index (χ4v) is 2.78. The predicted octanol–water partition coefficient (Wildman–Crippen LogP) is 3.99. The summed E-state index contributed by atoms with van der Waals surface area (Å²) < 4.78 is 5.20. The number of rotatable bonds is 7. The molecule has 128 valence electrons. The van der Waals surface area contributed by atoms with E-state index in [1.54, 1.807) is 6.07 Å². The fraction of sp³-hybridized carbons (Fsp3) is 0.238. The lowest BCUT2D eigenvalue weighted by Gasteiger charge is -2.08. The van der Waals surface area contributed by atoms with Crippen molar-refractivity contribution in [3.05, 3.63) is 89.3 Å². The number of amides is 1. The molecule has 0 aliphatic rings. The van der Waals surface area contributed by atoms with Crippen LogP contribution in [0.1, 0.15) is 40.2 Å². The zero-order valence-electron chi connectivity index (χ0n) is 14.3. The van der Waals surface area contributed by atoms with Crippen molar-refractivity contribution in [2.24, 2.45) is 0 Å². The second-order valence-corrected chi connectivity index (χ2v) is 6.19. The molecule has 0 saturated carbocycles. The molecule has 0 aliphatic heterocycles. The summed E-state index contributed by atoms with van der Waals surface area (Å²) in [7, 11) is 0. The van der Waals surface area contributed by atoms with E-state index in [0.29, 0.717) is 12.5 Å². The van der Waals surface area contributed by atoms with Gasteiger partial charge in [-0.05, 0) is 29.9 Å². The fourth-order valence-electron chi connectivity index (χ4n) is 2.78. The van der Waals surface area contributed by atoms with Crippen LogP contribution in [0.25, 0.3) is 0 Å². The Morgan fingerprint density at radius 3 is 2.48 bits per heavy atom. The topological polar surface area (TPSA) is 55.1 Å². The van der Waals surface area contributed by atoms with E-state index in [1.165, 1.54) is 11.1 Å². The minimum Gasteiger partial charge on any atom is -0.351 e. The van der Waals surface area contributed by atoms with Crippen molar-refractivity contribution >= 4 is 5.91 Å². The third-order valence-electron chi connectivity index (χ3n) is 4.21. The van der Waals surface area contributed by atoms with Gasteiger partial charge in [0.2, 0.25) is 5.76 Å². The standard InChI is InChI=1S/C21H22N2O2/c1-16(18-10-6-3-7-11-18)14-19-15-20(25-23-19)21(24)22-13-12-17-8-4-2-5-9-17/h2-11,15-16H,12-14H2,1H3,(H,22,24). The summed E-state index contributed by atoms with van der Waals surface area (Å²) in [5.74, 6) is 0.366. The summed E-state index contributed by atoms with van der Waals surface area (Å²) in [6.07, 6.45) is 1.53. The molecule has 4 heteroatoms. The van der Waals surface area contributed by atoms with Gasteiger partial charge in [0.25, 0.3) is 5.91 Å². The van der Waals surface area contributed by atoms with E-state index >= 15 is 0 Å². The Kier molecular flexibility index (Phi) is 5.62. The highest BCUT2D eigenvalue weighted by Gasteiger charge is 2.15. The van der Waals surface area contributed by atoms with Crippen molar-refractivity contribution in [3.8, 4) is 0 Å². The Hall–Kier alpha value is -2.88. The number of hydrogen-bond donors (Lipinski definition) is 1. The lowest BCUT2D eigenvalue weighted by Crippen LogP contribution is -2.25. The van der Waals surface area contributed by atoms with Crippen molar-refractivity contribution in [2.45, 2.75) is 25.7 Å². The third kappa shape index (κ3) is 4.80.